The number of rotatable bonds is 4. The Bertz CT molecular complexity index is 451. The van der Waals surface area contributed by atoms with Gasteiger partial charge in [0.2, 0.25) is 0 Å². The Morgan fingerprint density at radius 1 is 1.38 bits per heavy atom. The van der Waals surface area contributed by atoms with Crippen LogP contribution in [0.3, 0.4) is 0 Å². The van der Waals surface area contributed by atoms with E-state index in [0.717, 1.165) is 23.2 Å². The largest absolute Gasteiger partial charge is 0.382 e. The van der Waals surface area contributed by atoms with E-state index >= 15 is 0 Å². The zero-order valence-corrected chi connectivity index (χ0v) is 10.7. The van der Waals surface area contributed by atoms with Gasteiger partial charge in [0.1, 0.15) is 0 Å². The summed E-state index contributed by atoms with van der Waals surface area (Å²) in [5, 5.41) is 7.54. The zero-order chi connectivity index (χ0) is 11.4. The van der Waals surface area contributed by atoms with E-state index in [-0.39, 0.29) is 0 Å². The number of nitrogens with one attached hydrogen (secondary N) is 1. The molecule has 0 aliphatic carbocycles. The van der Waals surface area contributed by atoms with Crippen molar-refractivity contribution >= 4 is 21.6 Å². The highest BCUT2D eigenvalue weighted by Gasteiger charge is 2.00. The standard InChI is InChI=1S/C12H14BrN3/c1-10-4-2-5-11(12(10)13)14-7-9-16-8-3-6-15-16/h2-6,8,14H,7,9H2,1H3. The summed E-state index contributed by atoms with van der Waals surface area (Å²) < 4.78 is 3.05. The van der Waals surface area contributed by atoms with Crippen LogP contribution < -0.4 is 5.32 Å². The van der Waals surface area contributed by atoms with Crippen LogP contribution in [0.4, 0.5) is 5.69 Å². The second-order valence-corrected chi connectivity index (χ2v) is 4.43. The molecule has 4 heteroatoms. The summed E-state index contributed by atoms with van der Waals surface area (Å²) >= 11 is 3.57. The van der Waals surface area contributed by atoms with Gasteiger partial charge in [-0.3, -0.25) is 4.68 Å². The van der Waals surface area contributed by atoms with Crippen LogP contribution in [0.1, 0.15) is 5.56 Å². The molecule has 0 saturated carbocycles. The van der Waals surface area contributed by atoms with E-state index in [0.29, 0.717) is 0 Å². The first kappa shape index (κ1) is 11.2. The van der Waals surface area contributed by atoms with Crippen molar-refractivity contribution in [2.24, 2.45) is 0 Å². The third-order valence-electron chi connectivity index (χ3n) is 2.41. The van der Waals surface area contributed by atoms with Gasteiger partial charge in [0.05, 0.1) is 6.54 Å². The van der Waals surface area contributed by atoms with Crippen LogP contribution >= 0.6 is 15.9 Å². The molecule has 0 amide bonds. The highest BCUT2D eigenvalue weighted by Crippen LogP contribution is 2.25. The minimum absolute atomic E-state index is 0.865. The van der Waals surface area contributed by atoms with Crippen LogP contribution in [0.25, 0.3) is 0 Å². The summed E-state index contributed by atoms with van der Waals surface area (Å²) in [4.78, 5) is 0. The summed E-state index contributed by atoms with van der Waals surface area (Å²) in [6.07, 6.45) is 3.76. The van der Waals surface area contributed by atoms with Gasteiger partial charge in [-0.05, 0) is 40.5 Å². The monoisotopic (exact) mass is 279 g/mol. The average Bonchev–Trinajstić information content (AvgIpc) is 2.77. The summed E-state index contributed by atoms with van der Waals surface area (Å²) in [6.45, 7) is 3.82. The molecule has 0 unspecified atom stereocenters. The van der Waals surface area contributed by atoms with Crippen LogP contribution in [0.2, 0.25) is 0 Å². The van der Waals surface area contributed by atoms with Crippen LogP contribution in [0, 0.1) is 6.92 Å². The number of benzene rings is 1. The summed E-state index contributed by atoms with van der Waals surface area (Å²) in [5.74, 6) is 0. The first-order chi connectivity index (χ1) is 7.77. The molecule has 3 nitrogen and oxygen atoms in total. The number of hydrogen-bond acceptors (Lipinski definition) is 2. The molecule has 0 atom stereocenters. The first-order valence-corrected chi connectivity index (χ1v) is 6.03. The van der Waals surface area contributed by atoms with Gasteiger partial charge in [0.25, 0.3) is 0 Å². The molecule has 0 radical (unpaired) electrons. The molecule has 1 aromatic carbocycles. The first-order valence-electron chi connectivity index (χ1n) is 5.24. The van der Waals surface area contributed by atoms with Crippen LogP contribution in [0.15, 0.2) is 41.1 Å². The van der Waals surface area contributed by atoms with E-state index in [9.17, 15) is 0 Å². The molecule has 2 aromatic rings. The van der Waals surface area contributed by atoms with E-state index in [1.807, 2.05) is 16.9 Å². The number of anilines is 1. The third kappa shape index (κ3) is 2.64. The van der Waals surface area contributed by atoms with E-state index in [1.54, 1.807) is 6.20 Å². The Hall–Kier alpha value is -1.29. The minimum Gasteiger partial charge on any atom is -0.382 e. The number of aryl methyl sites for hydroxylation is 1. The van der Waals surface area contributed by atoms with Crippen molar-refractivity contribution in [2.75, 3.05) is 11.9 Å². The van der Waals surface area contributed by atoms with Gasteiger partial charge in [-0.2, -0.15) is 5.10 Å². The van der Waals surface area contributed by atoms with Crippen LogP contribution in [-0.4, -0.2) is 16.3 Å². The van der Waals surface area contributed by atoms with E-state index in [1.165, 1.54) is 5.56 Å². The van der Waals surface area contributed by atoms with Crippen molar-refractivity contribution in [1.29, 1.82) is 0 Å². The molecular formula is C12H14BrN3. The fraction of sp³-hybridized carbons (Fsp3) is 0.250. The molecule has 0 aliphatic heterocycles. The molecule has 16 heavy (non-hydrogen) atoms. The fourth-order valence-electron chi connectivity index (χ4n) is 1.52. The third-order valence-corrected chi connectivity index (χ3v) is 3.46. The molecule has 0 bridgehead atoms. The van der Waals surface area contributed by atoms with Gasteiger partial charge >= 0.3 is 0 Å². The quantitative estimate of drug-likeness (QED) is 0.932. The fourth-order valence-corrected chi connectivity index (χ4v) is 1.93. The molecule has 1 N–H and O–H groups in total. The Labute approximate surface area is 104 Å². The Balaban J connectivity index is 1.92. The van der Waals surface area contributed by atoms with Crippen molar-refractivity contribution in [1.82, 2.24) is 9.78 Å². The topological polar surface area (TPSA) is 29.9 Å². The number of halogens is 1. The van der Waals surface area contributed by atoms with Gasteiger partial charge in [0.15, 0.2) is 0 Å². The van der Waals surface area contributed by atoms with E-state index in [2.05, 4.69) is 51.5 Å². The highest BCUT2D eigenvalue weighted by molar-refractivity contribution is 9.10. The molecule has 0 saturated heterocycles. The lowest BCUT2D eigenvalue weighted by Crippen LogP contribution is -2.11. The smallest absolute Gasteiger partial charge is 0.0582 e. The Morgan fingerprint density at radius 2 is 2.25 bits per heavy atom. The van der Waals surface area contributed by atoms with Crippen molar-refractivity contribution in [3.05, 3.63) is 46.7 Å². The predicted molar refractivity (Wildman–Crippen MR) is 69.6 cm³/mol. The van der Waals surface area contributed by atoms with Gasteiger partial charge in [0, 0.05) is 29.1 Å². The Kier molecular flexibility index (Phi) is 3.62. The molecule has 84 valence electrons. The average molecular weight is 280 g/mol. The van der Waals surface area contributed by atoms with Gasteiger partial charge in [-0.1, -0.05) is 12.1 Å². The number of nitrogens with zero attached hydrogens (tertiary/aromatic N) is 2. The summed E-state index contributed by atoms with van der Waals surface area (Å²) in [5.41, 5.74) is 2.37. The van der Waals surface area contributed by atoms with E-state index in [4.69, 9.17) is 0 Å². The molecule has 0 aliphatic rings. The van der Waals surface area contributed by atoms with Gasteiger partial charge < -0.3 is 5.32 Å². The lowest BCUT2D eigenvalue weighted by Gasteiger charge is -2.10. The van der Waals surface area contributed by atoms with Crippen molar-refractivity contribution < 1.29 is 0 Å². The Morgan fingerprint density at radius 3 is 3.00 bits per heavy atom. The minimum atomic E-state index is 0.865. The van der Waals surface area contributed by atoms with Crippen LogP contribution in [-0.2, 0) is 6.54 Å². The van der Waals surface area contributed by atoms with E-state index < -0.39 is 0 Å². The normalized spacial score (nSPS) is 10.4. The summed E-state index contributed by atoms with van der Waals surface area (Å²) in [6, 6.07) is 8.14. The van der Waals surface area contributed by atoms with Crippen molar-refractivity contribution in [3.63, 3.8) is 0 Å². The van der Waals surface area contributed by atoms with Gasteiger partial charge in [-0.25, -0.2) is 0 Å². The molecular weight excluding hydrogens is 266 g/mol. The summed E-state index contributed by atoms with van der Waals surface area (Å²) in [7, 11) is 0. The van der Waals surface area contributed by atoms with Gasteiger partial charge in [-0.15, -0.1) is 0 Å². The van der Waals surface area contributed by atoms with Crippen molar-refractivity contribution in [3.8, 4) is 0 Å². The second kappa shape index (κ2) is 5.16. The lowest BCUT2D eigenvalue weighted by atomic mass is 10.2. The second-order valence-electron chi connectivity index (χ2n) is 3.63. The van der Waals surface area contributed by atoms with Crippen LogP contribution in [0.5, 0.6) is 0 Å². The molecule has 2 rings (SSSR count). The van der Waals surface area contributed by atoms with Crippen molar-refractivity contribution in [2.45, 2.75) is 13.5 Å². The maximum atomic E-state index is 4.15. The maximum Gasteiger partial charge on any atom is 0.0582 e. The predicted octanol–water partition coefficient (Wildman–Crippen LogP) is 3.07. The molecule has 0 fully saturated rings. The molecule has 0 spiro atoms. The number of hydrogen-bond donors (Lipinski definition) is 1. The highest BCUT2D eigenvalue weighted by atomic mass is 79.9. The maximum absolute atomic E-state index is 4.15. The SMILES string of the molecule is Cc1cccc(NCCn2cccn2)c1Br. The lowest BCUT2D eigenvalue weighted by molar-refractivity contribution is 0.638. The zero-order valence-electron chi connectivity index (χ0n) is 9.15. The molecule has 1 heterocycles. The molecule has 1 aromatic heterocycles. The number of aromatic nitrogens is 2.